The Bertz CT molecular complexity index is 192. The molecule has 2 fully saturated rings. The van der Waals surface area contributed by atoms with E-state index in [4.69, 9.17) is 4.74 Å². The van der Waals surface area contributed by atoms with Crippen molar-refractivity contribution in [2.45, 2.75) is 51.7 Å². The molecule has 1 saturated carbocycles. The first-order valence-electron chi connectivity index (χ1n) is 5.39. The van der Waals surface area contributed by atoms with Crippen molar-refractivity contribution >= 4 is 0 Å². The maximum absolute atomic E-state index is 6.01. The summed E-state index contributed by atoms with van der Waals surface area (Å²) in [6, 6.07) is 0.536. The summed E-state index contributed by atoms with van der Waals surface area (Å²) in [5, 5.41) is 3.53. The molecule has 13 heavy (non-hydrogen) atoms. The van der Waals surface area contributed by atoms with Crippen LogP contribution in [0, 0.1) is 5.41 Å². The van der Waals surface area contributed by atoms with E-state index in [9.17, 15) is 0 Å². The third kappa shape index (κ3) is 1.89. The van der Waals surface area contributed by atoms with Gasteiger partial charge in [0.1, 0.15) is 0 Å². The molecule has 1 aliphatic carbocycles. The van der Waals surface area contributed by atoms with E-state index < -0.39 is 0 Å². The molecule has 2 heteroatoms. The van der Waals surface area contributed by atoms with Gasteiger partial charge in [0.15, 0.2) is 0 Å². The molecule has 0 amide bonds. The average molecular weight is 183 g/mol. The SMILES string of the molecule is CC1COC2(CCC(C)(C)C2)CN1. The van der Waals surface area contributed by atoms with Gasteiger partial charge < -0.3 is 10.1 Å². The van der Waals surface area contributed by atoms with E-state index >= 15 is 0 Å². The van der Waals surface area contributed by atoms with Crippen LogP contribution in [0.2, 0.25) is 0 Å². The van der Waals surface area contributed by atoms with Crippen LogP contribution in [0.5, 0.6) is 0 Å². The molecule has 2 unspecified atom stereocenters. The summed E-state index contributed by atoms with van der Waals surface area (Å²) >= 11 is 0. The van der Waals surface area contributed by atoms with Crippen LogP contribution in [0.3, 0.4) is 0 Å². The summed E-state index contributed by atoms with van der Waals surface area (Å²) in [5.41, 5.74) is 0.665. The summed E-state index contributed by atoms with van der Waals surface area (Å²) in [6.45, 7) is 8.83. The third-order valence-corrected chi connectivity index (χ3v) is 3.47. The number of rotatable bonds is 0. The first-order valence-corrected chi connectivity index (χ1v) is 5.39. The molecule has 1 heterocycles. The molecule has 76 valence electrons. The molecule has 2 rings (SSSR count). The maximum Gasteiger partial charge on any atom is 0.0812 e. The monoisotopic (exact) mass is 183 g/mol. The molecule has 2 aliphatic rings. The normalized spacial score (nSPS) is 44.1. The van der Waals surface area contributed by atoms with Crippen molar-refractivity contribution in [1.29, 1.82) is 0 Å². The van der Waals surface area contributed by atoms with Crippen LogP contribution in [0.4, 0.5) is 0 Å². The Balaban J connectivity index is 2.00. The van der Waals surface area contributed by atoms with Crippen LogP contribution in [-0.4, -0.2) is 24.8 Å². The van der Waals surface area contributed by atoms with Gasteiger partial charge in [-0.05, 0) is 31.6 Å². The Kier molecular flexibility index (Phi) is 2.16. The lowest BCUT2D eigenvalue weighted by Crippen LogP contribution is -2.52. The van der Waals surface area contributed by atoms with Crippen LogP contribution in [-0.2, 0) is 4.74 Å². The summed E-state index contributed by atoms with van der Waals surface area (Å²) in [7, 11) is 0. The van der Waals surface area contributed by atoms with Gasteiger partial charge in [-0.2, -0.15) is 0 Å². The van der Waals surface area contributed by atoms with E-state index in [2.05, 4.69) is 26.1 Å². The van der Waals surface area contributed by atoms with E-state index in [1.807, 2.05) is 0 Å². The maximum atomic E-state index is 6.01. The minimum Gasteiger partial charge on any atom is -0.372 e. The van der Waals surface area contributed by atoms with Gasteiger partial charge >= 0.3 is 0 Å². The molecule has 2 atom stereocenters. The molecule has 1 N–H and O–H groups in total. The lowest BCUT2D eigenvalue weighted by molar-refractivity contribution is -0.0805. The van der Waals surface area contributed by atoms with Gasteiger partial charge in [0.05, 0.1) is 12.2 Å². The molecule has 0 aromatic rings. The van der Waals surface area contributed by atoms with Crippen molar-refractivity contribution in [2.75, 3.05) is 13.2 Å². The lowest BCUT2D eigenvalue weighted by atomic mass is 9.88. The molecule has 2 nitrogen and oxygen atoms in total. The lowest BCUT2D eigenvalue weighted by Gasteiger charge is -2.38. The van der Waals surface area contributed by atoms with Gasteiger partial charge in [-0.25, -0.2) is 0 Å². The van der Waals surface area contributed by atoms with E-state index in [-0.39, 0.29) is 5.60 Å². The second kappa shape index (κ2) is 2.96. The largest absolute Gasteiger partial charge is 0.372 e. The molecule has 1 aliphatic heterocycles. The topological polar surface area (TPSA) is 21.3 Å². The average Bonchev–Trinajstić information content (AvgIpc) is 2.35. The Morgan fingerprint density at radius 3 is 2.54 bits per heavy atom. The van der Waals surface area contributed by atoms with Crippen molar-refractivity contribution in [2.24, 2.45) is 5.41 Å². The van der Waals surface area contributed by atoms with Gasteiger partial charge in [0, 0.05) is 12.6 Å². The van der Waals surface area contributed by atoms with Crippen LogP contribution in [0.1, 0.15) is 40.0 Å². The molecule has 1 saturated heterocycles. The first-order chi connectivity index (χ1) is 6.02. The van der Waals surface area contributed by atoms with Crippen molar-refractivity contribution in [3.05, 3.63) is 0 Å². The number of nitrogens with one attached hydrogen (secondary N) is 1. The molecule has 0 radical (unpaired) electrons. The summed E-state index contributed by atoms with van der Waals surface area (Å²) in [6.07, 6.45) is 3.77. The number of hydrogen-bond acceptors (Lipinski definition) is 2. The van der Waals surface area contributed by atoms with Crippen molar-refractivity contribution in [1.82, 2.24) is 5.32 Å². The second-order valence-electron chi connectivity index (χ2n) is 5.62. The minimum absolute atomic E-state index is 0.177. The van der Waals surface area contributed by atoms with E-state index in [1.165, 1.54) is 19.3 Å². The third-order valence-electron chi connectivity index (χ3n) is 3.47. The standard InChI is InChI=1S/C11H21NO/c1-9-6-13-11(8-12-9)5-4-10(2,3)7-11/h9,12H,4-8H2,1-3H3. The Labute approximate surface area is 81.0 Å². The highest BCUT2D eigenvalue weighted by molar-refractivity contribution is 4.99. The predicted molar refractivity (Wildman–Crippen MR) is 53.8 cm³/mol. The fraction of sp³-hybridized carbons (Fsp3) is 1.00. The fourth-order valence-electron chi connectivity index (χ4n) is 2.66. The quantitative estimate of drug-likeness (QED) is 0.619. The van der Waals surface area contributed by atoms with Crippen LogP contribution in [0.25, 0.3) is 0 Å². The van der Waals surface area contributed by atoms with Gasteiger partial charge in [0.25, 0.3) is 0 Å². The van der Waals surface area contributed by atoms with Crippen LogP contribution in [0.15, 0.2) is 0 Å². The zero-order chi connectivity index (χ0) is 9.53. The molecule has 1 spiro atoms. The van der Waals surface area contributed by atoms with Crippen molar-refractivity contribution in [3.63, 3.8) is 0 Å². The first kappa shape index (κ1) is 9.47. The number of morpholine rings is 1. The highest BCUT2D eigenvalue weighted by atomic mass is 16.5. The van der Waals surface area contributed by atoms with Crippen molar-refractivity contribution < 1.29 is 4.74 Å². The highest BCUT2D eigenvalue weighted by Gasteiger charge is 2.45. The molecule has 0 aromatic heterocycles. The smallest absolute Gasteiger partial charge is 0.0812 e. The molecular formula is C11H21NO. The summed E-state index contributed by atoms with van der Waals surface area (Å²) < 4.78 is 6.01. The van der Waals surface area contributed by atoms with Gasteiger partial charge in [-0.15, -0.1) is 0 Å². The van der Waals surface area contributed by atoms with Crippen LogP contribution >= 0.6 is 0 Å². The Hall–Kier alpha value is -0.0800. The second-order valence-corrected chi connectivity index (χ2v) is 5.62. The summed E-state index contributed by atoms with van der Waals surface area (Å²) in [4.78, 5) is 0. The molecule has 0 aromatic carbocycles. The van der Waals surface area contributed by atoms with E-state index in [0.29, 0.717) is 11.5 Å². The number of hydrogen-bond donors (Lipinski definition) is 1. The Morgan fingerprint density at radius 2 is 2.08 bits per heavy atom. The van der Waals surface area contributed by atoms with E-state index in [1.54, 1.807) is 0 Å². The number of ether oxygens (including phenoxy) is 1. The molecular weight excluding hydrogens is 162 g/mol. The van der Waals surface area contributed by atoms with Gasteiger partial charge in [-0.3, -0.25) is 0 Å². The van der Waals surface area contributed by atoms with Gasteiger partial charge in [0.2, 0.25) is 0 Å². The molecule has 0 bridgehead atoms. The predicted octanol–water partition coefficient (Wildman–Crippen LogP) is 1.94. The zero-order valence-corrected chi connectivity index (χ0v) is 9.02. The Morgan fingerprint density at radius 1 is 1.31 bits per heavy atom. The van der Waals surface area contributed by atoms with Crippen molar-refractivity contribution in [3.8, 4) is 0 Å². The van der Waals surface area contributed by atoms with E-state index in [0.717, 1.165) is 13.2 Å². The minimum atomic E-state index is 0.177. The van der Waals surface area contributed by atoms with Gasteiger partial charge in [-0.1, -0.05) is 13.8 Å². The summed E-state index contributed by atoms with van der Waals surface area (Å²) in [5.74, 6) is 0. The fourth-order valence-corrected chi connectivity index (χ4v) is 2.66. The highest BCUT2D eigenvalue weighted by Crippen LogP contribution is 2.46. The zero-order valence-electron chi connectivity index (χ0n) is 9.02. The van der Waals surface area contributed by atoms with Crippen LogP contribution < -0.4 is 5.32 Å².